The highest BCUT2D eigenvalue weighted by atomic mass is 16.6. The predicted molar refractivity (Wildman–Crippen MR) is 153 cm³/mol. The van der Waals surface area contributed by atoms with E-state index in [2.05, 4.69) is 38.1 Å². The van der Waals surface area contributed by atoms with Crippen molar-refractivity contribution in [1.82, 2.24) is 0 Å². The molecule has 0 N–H and O–H groups in total. The summed E-state index contributed by atoms with van der Waals surface area (Å²) in [5.74, 6) is 0. The van der Waals surface area contributed by atoms with E-state index >= 15 is 0 Å². The largest absolute Gasteiger partial charge is 0.494 e. The van der Waals surface area contributed by atoms with E-state index in [1.54, 1.807) is 0 Å². The summed E-state index contributed by atoms with van der Waals surface area (Å²) in [5.41, 5.74) is 2.18. The molecule has 0 amide bonds. The first kappa shape index (κ1) is 29.7. The molecule has 2 atom stereocenters. The van der Waals surface area contributed by atoms with Crippen LogP contribution in [0.15, 0.2) is 24.3 Å². The van der Waals surface area contributed by atoms with E-state index in [4.69, 9.17) is 18.6 Å². The highest BCUT2D eigenvalue weighted by Gasteiger charge is 2.35. The van der Waals surface area contributed by atoms with Crippen LogP contribution in [0.3, 0.4) is 0 Å². The lowest BCUT2D eigenvalue weighted by atomic mass is 9.74. The van der Waals surface area contributed by atoms with Crippen LogP contribution in [0.25, 0.3) is 0 Å². The van der Waals surface area contributed by atoms with E-state index < -0.39 is 0 Å². The van der Waals surface area contributed by atoms with Crippen molar-refractivity contribution < 1.29 is 18.6 Å². The van der Waals surface area contributed by atoms with E-state index in [1.807, 2.05) is 0 Å². The predicted octanol–water partition coefficient (Wildman–Crippen LogP) is 6.97. The van der Waals surface area contributed by atoms with Crippen LogP contribution < -0.4 is 10.9 Å². The Kier molecular flexibility index (Phi) is 15.2. The fraction of sp³-hybridized carbons (Fsp3) is 0.800. The van der Waals surface area contributed by atoms with Gasteiger partial charge in [0.15, 0.2) is 0 Å². The van der Waals surface area contributed by atoms with E-state index in [0.717, 1.165) is 23.8 Å². The number of hydrogen-bond acceptors (Lipinski definition) is 4. The van der Waals surface area contributed by atoms with Crippen molar-refractivity contribution in [1.29, 1.82) is 0 Å². The maximum absolute atomic E-state index is 6.20. The molecular weight excluding hydrogens is 446 g/mol. The van der Waals surface area contributed by atoms with Gasteiger partial charge < -0.3 is 18.6 Å². The van der Waals surface area contributed by atoms with Gasteiger partial charge in [0.1, 0.15) is 0 Å². The Morgan fingerprint density at radius 1 is 0.528 bits per heavy atom. The van der Waals surface area contributed by atoms with Gasteiger partial charge in [-0.3, -0.25) is 0 Å². The summed E-state index contributed by atoms with van der Waals surface area (Å²) in [4.78, 5) is 0. The third-order valence-corrected chi connectivity index (χ3v) is 7.74. The van der Waals surface area contributed by atoms with E-state index in [1.165, 1.54) is 103 Å². The standard InChI is InChI=1S/C30H52B2O4/c1-3-5-7-9-11-13-15-17-19-29-25-33-31(35-29)27-21-23-28(24-22-27)32-34-26-30(36-32)20-18-16-14-12-10-8-6-4-2/h21-24,29-30H,3-20,25-26H2,1-2H3. The molecule has 1 aromatic rings. The molecular formula is C30H52B2O4. The summed E-state index contributed by atoms with van der Waals surface area (Å²) in [7, 11) is -0.476. The van der Waals surface area contributed by atoms with Gasteiger partial charge in [0.25, 0.3) is 0 Å². The van der Waals surface area contributed by atoms with Gasteiger partial charge >= 0.3 is 14.2 Å². The topological polar surface area (TPSA) is 36.9 Å². The van der Waals surface area contributed by atoms with Gasteiger partial charge in [-0.15, -0.1) is 0 Å². The smallest absolute Gasteiger partial charge is 0.405 e. The second-order valence-corrected chi connectivity index (χ2v) is 11.0. The molecule has 6 heteroatoms. The van der Waals surface area contributed by atoms with Crippen molar-refractivity contribution in [2.75, 3.05) is 13.2 Å². The molecule has 0 radical (unpaired) electrons. The maximum Gasteiger partial charge on any atom is 0.494 e. The average Bonchev–Trinajstić information content (AvgIpc) is 3.57. The van der Waals surface area contributed by atoms with Gasteiger partial charge in [-0.05, 0) is 23.8 Å². The van der Waals surface area contributed by atoms with Gasteiger partial charge in [0.2, 0.25) is 0 Å². The Hall–Kier alpha value is -0.810. The summed E-state index contributed by atoms with van der Waals surface area (Å²) < 4.78 is 24.3. The molecule has 2 aliphatic heterocycles. The second-order valence-electron chi connectivity index (χ2n) is 11.0. The molecule has 0 saturated carbocycles. The van der Waals surface area contributed by atoms with Crippen molar-refractivity contribution >= 4 is 25.2 Å². The lowest BCUT2D eigenvalue weighted by Crippen LogP contribution is -2.37. The van der Waals surface area contributed by atoms with Crippen LogP contribution in [0.2, 0.25) is 0 Å². The zero-order valence-corrected chi connectivity index (χ0v) is 23.4. The van der Waals surface area contributed by atoms with Crippen LogP contribution in [0.1, 0.15) is 129 Å². The minimum absolute atomic E-state index is 0.230. The molecule has 1 aromatic carbocycles. The lowest BCUT2D eigenvalue weighted by Gasteiger charge is -2.11. The summed E-state index contributed by atoms with van der Waals surface area (Å²) in [6.07, 6.45) is 24.2. The van der Waals surface area contributed by atoms with Crippen molar-refractivity contribution in [2.45, 2.75) is 142 Å². The fourth-order valence-electron chi connectivity index (χ4n) is 5.37. The summed E-state index contributed by atoms with van der Waals surface area (Å²) in [6.45, 7) is 5.96. The Labute approximate surface area is 222 Å². The number of benzene rings is 1. The number of rotatable bonds is 20. The second kappa shape index (κ2) is 18.4. The van der Waals surface area contributed by atoms with Crippen molar-refractivity contribution in [3.63, 3.8) is 0 Å². The molecule has 2 unspecified atom stereocenters. The summed E-state index contributed by atoms with van der Waals surface area (Å²) in [6, 6.07) is 8.43. The summed E-state index contributed by atoms with van der Waals surface area (Å²) >= 11 is 0. The van der Waals surface area contributed by atoms with Crippen LogP contribution in [0.4, 0.5) is 0 Å². The molecule has 2 heterocycles. The van der Waals surface area contributed by atoms with E-state index in [0.29, 0.717) is 13.2 Å². The van der Waals surface area contributed by atoms with E-state index in [-0.39, 0.29) is 26.4 Å². The molecule has 0 aliphatic carbocycles. The number of hydrogen-bond donors (Lipinski definition) is 0. The minimum Gasteiger partial charge on any atom is -0.405 e. The Balaban J connectivity index is 1.25. The quantitative estimate of drug-likeness (QED) is 0.144. The van der Waals surface area contributed by atoms with Crippen LogP contribution in [0, 0.1) is 0 Å². The molecule has 36 heavy (non-hydrogen) atoms. The third kappa shape index (κ3) is 11.3. The first-order valence-electron chi connectivity index (χ1n) is 15.4. The van der Waals surface area contributed by atoms with Gasteiger partial charge in [-0.2, -0.15) is 0 Å². The van der Waals surface area contributed by atoms with Crippen LogP contribution in [-0.4, -0.2) is 39.7 Å². The normalized spacial score (nSPS) is 20.1. The SMILES string of the molecule is CCCCCCCCCCC1COB(c2ccc(B3OCC(CCCCCCCCCC)O3)cc2)O1. The van der Waals surface area contributed by atoms with Gasteiger partial charge in [0.05, 0.1) is 25.4 Å². The summed E-state index contributed by atoms with van der Waals surface area (Å²) in [5, 5.41) is 0. The zero-order valence-electron chi connectivity index (χ0n) is 23.4. The molecule has 0 aromatic heterocycles. The highest BCUT2D eigenvalue weighted by Crippen LogP contribution is 2.18. The van der Waals surface area contributed by atoms with Crippen molar-refractivity contribution in [2.24, 2.45) is 0 Å². The molecule has 2 saturated heterocycles. The Morgan fingerprint density at radius 2 is 0.861 bits per heavy atom. The minimum atomic E-state index is -0.238. The maximum atomic E-state index is 6.20. The van der Waals surface area contributed by atoms with Gasteiger partial charge in [-0.1, -0.05) is 141 Å². The Morgan fingerprint density at radius 3 is 1.22 bits per heavy atom. The van der Waals surface area contributed by atoms with Crippen molar-refractivity contribution in [3.8, 4) is 0 Å². The third-order valence-electron chi connectivity index (χ3n) is 7.74. The molecule has 202 valence electrons. The van der Waals surface area contributed by atoms with E-state index in [9.17, 15) is 0 Å². The lowest BCUT2D eigenvalue weighted by molar-refractivity contribution is 0.217. The van der Waals surface area contributed by atoms with Crippen LogP contribution >= 0.6 is 0 Å². The monoisotopic (exact) mass is 498 g/mol. The molecule has 2 aliphatic rings. The van der Waals surface area contributed by atoms with Gasteiger partial charge in [-0.25, -0.2) is 0 Å². The average molecular weight is 498 g/mol. The van der Waals surface area contributed by atoms with Gasteiger partial charge in [0, 0.05) is 0 Å². The molecule has 4 nitrogen and oxygen atoms in total. The molecule has 0 bridgehead atoms. The van der Waals surface area contributed by atoms with Crippen LogP contribution in [0.5, 0.6) is 0 Å². The Bertz CT molecular complexity index is 614. The van der Waals surface area contributed by atoms with Crippen molar-refractivity contribution in [3.05, 3.63) is 24.3 Å². The fourth-order valence-corrected chi connectivity index (χ4v) is 5.37. The first-order chi connectivity index (χ1) is 17.8. The van der Waals surface area contributed by atoms with Crippen LogP contribution in [-0.2, 0) is 18.6 Å². The first-order valence-corrected chi connectivity index (χ1v) is 15.4. The number of unbranched alkanes of at least 4 members (excludes halogenated alkanes) is 14. The molecule has 3 rings (SSSR count). The highest BCUT2D eigenvalue weighted by molar-refractivity contribution is 6.63. The molecule has 0 spiro atoms. The molecule has 2 fully saturated rings. The zero-order chi connectivity index (χ0) is 25.3.